The Hall–Kier alpha value is -7.30. The Labute approximate surface area is 409 Å². The Morgan fingerprint density at radius 1 is 0.521 bits per heavy atom. The number of nitrogens with two attached hydrogens (primary N) is 4. The summed E-state index contributed by atoms with van der Waals surface area (Å²) in [5, 5.41) is 49.3. The fraction of sp³-hybridized carbons (Fsp3) is 0.581. The fourth-order valence-corrected chi connectivity index (χ4v) is 6.33. The van der Waals surface area contributed by atoms with Crippen molar-refractivity contribution in [3.8, 4) is 0 Å². The highest BCUT2D eigenvalue weighted by Gasteiger charge is 2.35. The Morgan fingerprint density at radius 3 is 1.46 bits per heavy atom. The minimum absolute atomic E-state index is 0.0278. The van der Waals surface area contributed by atoms with E-state index < -0.39 is 170 Å². The van der Waals surface area contributed by atoms with Crippen molar-refractivity contribution in [3.05, 3.63) is 35.9 Å². The summed E-state index contributed by atoms with van der Waals surface area (Å²) in [5.41, 5.74) is 21.7. The zero-order chi connectivity index (χ0) is 54.1. The van der Waals surface area contributed by atoms with Crippen molar-refractivity contribution < 1.29 is 72.9 Å². The predicted molar refractivity (Wildman–Crippen MR) is 249 cm³/mol. The fourth-order valence-electron chi connectivity index (χ4n) is 6.33. The molecule has 0 spiro atoms. The lowest BCUT2D eigenvalue weighted by Gasteiger charge is -2.29. The number of hydrogen-bond donors (Lipinski definition) is 16. The highest BCUT2D eigenvalue weighted by molar-refractivity contribution is 5.99. The number of amides is 12. The summed E-state index contributed by atoms with van der Waals surface area (Å²) in [7, 11) is 0. The van der Waals surface area contributed by atoms with Crippen LogP contribution in [-0.4, -0.2) is 167 Å². The molecular weight excluding hydrogens is 939 g/mol. The third kappa shape index (κ3) is 22.3. The minimum Gasteiger partial charge on any atom is -0.394 e. The average Bonchev–Trinajstić information content (AvgIpc) is 3.31. The van der Waals surface area contributed by atoms with Gasteiger partial charge >= 0.3 is 0 Å². The molecule has 10 atom stereocenters. The van der Waals surface area contributed by atoms with Gasteiger partial charge in [0.1, 0.15) is 54.4 Å². The second-order valence-corrected chi connectivity index (χ2v) is 17.0. The number of aliphatic hydroxyl groups excluding tert-OH is 3. The second kappa shape index (κ2) is 31.0. The number of benzene rings is 1. The summed E-state index contributed by atoms with van der Waals surface area (Å²) in [6.07, 6.45) is -1.45. The van der Waals surface area contributed by atoms with Crippen LogP contribution in [0.4, 0.5) is 0 Å². The number of carbonyl (C=O) groups is 12. The summed E-state index contributed by atoms with van der Waals surface area (Å²) >= 11 is 0. The van der Waals surface area contributed by atoms with Crippen LogP contribution in [0, 0.1) is 11.8 Å². The molecule has 1 aromatic rings. The summed E-state index contributed by atoms with van der Waals surface area (Å²) in [6, 6.07) is -5.38. The maximum atomic E-state index is 13.7. The van der Waals surface area contributed by atoms with Crippen molar-refractivity contribution in [3.63, 3.8) is 0 Å². The molecular formula is C43H69N13O15. The van der Waals surface area contributed by atoms with Gasteiger partial charge in [0.15, 0.2) is 0 Å². The number of rotatable bonds is 32. The highest BCUT2D eigenvalue weighted by atomic mass is 16.3. The average molecular weight is 1010 g/mol. The lowest BCUT2D eigenvalue weighted by molar-refractivity contribution is -0.136. The summed E-state index contributed by atoms with van der Waals surface area (Å²) in [4.78, 5) is 154. The van der Waals surface area contributed by atoms with Gasteiger partial charge in [-0.3, -0.25) is 57.5 Å². The quantitative estimate of drug-likeness (QED) is 0.0319. The number of nitrogens with one attached hydrogen (secondary N) is 9. The molecule has 71 heavy (non-hydrogen) atoms. The maximum absolute atomic E-state index is 13.7. The molecule has 0 aliphatic rings. The number of primary amides is 3. The van der Waals surface area contributed by atoms with Crippen molar-refractivity contribution in [2.45, 2.75) is 121 Å². The van der Waals surface area contributed by atoms with Crippen LogP contribution in [0.15, 0.2) is 30.3 Å². The van der Waals surface area contributed by atoms with Gasteiger partial charge in [0.05, 0.1) is 39.2 Å². The van der Waals surface area contributed by atoms with Gasteiger partial charge in [-0.25, -0.2) is 0 Å². The Balaban J connectivity index is 3.19. The van der Waals surface area contributed by atoms with Crippen LogP contribution in [-0.2, 0) is 64.0 Å². The minimum atomic E-state index is -1.79. The SMILES string of the molecule is CC[C@H](C)[C@H](NC(=O)[C@H](C)NC(=O)CNC(=O)[C@H](Cc1ccccc1)NC(=O)[C@H](CC(N)=O)NC(=O)[C@H](CC(N)=O)NC(=O)[C@@H](N)CO)C(=O)N[C@@H](CC(C)C)C(=O)N[C@H](CO)C(=O)N[C@@H](CO)C(N)=O. The van der Waals surface area contributed by atoms with E-state index in [9.17, 15) is 72.9 Å². The van der Waals surface area contributed by atoms with Crippen LogP contribution in [0.2, 0.25) is 0 Å². The standard InChI is InChI=1S/C43H69N13O15/c1-6-21(4)34(43(71)53-25(12-20(2)3)39(67)55-30(19-59)42(70)54-29(18-58)35(47)63)56-36(64)22(5)49-33(62)16-48-38(66)26(13-23-10-8-7-9-11-23)51-41(69)28(15-32(46)61)52-40(68)27(14-31(45)60)50-37(65)24(44)17-57/h7-11,20-22,24-30,34,57-59H,6,12-19,44H2,1-5H3,(H2,45,60)(H2,46,61)(H2,47,63)(H,48,66)(H,49,62)(H,50,65)(H,51,69)(H,52,68)(H,53,71)(H,54,70)(H,55,67)(H,56,64)/t21-,22-,24-,25-,26-,27-,28-,29-,30+,34-/m0/s1. The van der Waals surface area contributed by atoms with Gasteiger partial charge in [-0.05, 0) is 30.7 Å². The van der Waals surface area contributed by atoms with Gasteiger partial charge in [0.2, 0.25) is 70.9 Å². The molecule has 0 radical (unpaired) electrons. The molecule has 0 unspecified atom stereocenters. The molecule has 1 rings (SSSR count). The van der Waals surface area contributed by atoms with E-state index in [1.54, 1.807) is 58.0 Å². The zero-order valence-electron chi connectivity index (χ0n) is 40.2. The molecule has 0 heterocycles. The van der Waals surface area contributed by atoms with Gasteiger partial charge in [-0.1, -0.05) is 64.4 Å². The van der Waals surface area contributed by atoms with Crippen LogP contribution >= 0.6 is 0 Å². The van der Waals surface area contributed by atoms with E-state index in [4.69, 9.17) is 22.9 Å². The first-order chi connectivity index (χ1) is 33.3. The molecule has 396 valence electrons. The first-order valence-electron chi connectivity index (χ1n) is 22.5. The monoisotopic (exact) mass is 1010 g/mol. The van der Waals surface area contributed by atoms with E-state index >= 15 is 0 Å². The van der Waals surface area contributed by atoms with E-state index in [0.717, 1.165) is 0 Å². The van der Waals surface area contributed by atoms with Crippen LogP contribution < -0.4 is 70.8 Å². The third-order valence-corrected chi connectivity index (χ3v) is 10.5. The zero-order valence-corrected chi connectivity index (χ0v) is 40.2. The first kappa shape index (κ1) is 61.7. The molecule has 0 aromatic heterocycles. The number of hydrogen-bond acceptors (Lipinski definition) is 16. The summed E-state index contributed by atoms with van der Waals surface area (Å²) in [6.45, 7) is 4.74. The van der Waals surface area contributed by atoms with Crippen molar-refractivity contribution in [1.82, 2.24) is 47.9 Å². The molecule has 20 N–H and O–H groups in total. The van der Waals surface area contributed by atoms with Gasteiger partial charge in [-0.2, -0.15) is 0 Å². The third-order valence-electron chi connectivity index (χ3n) is 10.5. The molecule has 1 aromatic carbocycles. The van der Waals surface area contributed by atoms with Crippen molar-refractivity contribution >= 4 is 70.9 Å². The molecule has 0 fully saturated rings. The second-order valence-electron chi connectivity index (χ2n) is 17.0. The Bertz CT molecular complexity index is 2040. The van der Waals surface area contributed by atoms with Crippen molar-refractivity contribution in [2.24, 2.45) is 34.8 Å². The molecule has 0 aliphatic carbocycles. The largest absolute Gasteiger partial charge is 0.394 e. The number of aliphatic hydroxyl groups is 3. The van der Waals surface area contributed by atoms with Crippen molar-refractivity contribution in [2.75, 3.05) is 26.4 Å². The molecule has 0 aliphatic heterocycles. The van der Waals surface area contributed by atoms with Gasteiger partial charge < -0.3 is 86.1 Å². The van der Waals surface area contributed by atoms with E-state index in [1.165, 1.54) is 6.92 Å². The summed E-state index contributed by atoms with van der Waals surface area (Å²) in [5.74, 6) is -12.8. The van der Waals surface area contributed by atoms with Crippen LogP contribution in [0.5, 0.6) is 0 Å². The van der Waals surface area contributed by atoms with E-state index in [-0.39, 0.29) is 18.8 Å². The topological polar surface area (TPSA) is 478 Å². The molecule has 28 heteroatoms. The normalized spacial score (nSPS) is 15.2. The van der Waals surface area contributed by atoms with E-state index in [0.29, 0.717) is 12.0 Å². The molecule has 0 saturated carbocycles. The number of carbonyl (C=O) groups excluding carboxylic acids is 12. The molecule has 28 nitrogen and oxygen atoms in total. The Kier molecular flexibility index (Phi) is 27.0. The van der Waals surface area contributed by atoms with Crippen LogP contribution in [0.3, 0.4) is 0 Å². The van der Waals surface area contributed by atoms with Crippen molar-refractivity contribution in [1.29, 1.82) is 0 Å². The molecule has 12 amide bonds. The predicted octanol–water partition coefficient (Wildman–Crippen LogP) is -8.12. The van der Waals surface area contributed by atoms with Gasteiger partial charge in [0.25, 0.3) is 0 Å². The lowest BCUT2D eigenvalue weighted by Crippen LogP contribution is -2.61. The summed E-state index contributed by atoms with van der Waals surface area (Å²) < 4.78 is 0. The lowest BCUT2D eigenvalue weighted by atomic mass is 9.96. The van der Waals surface area contributed by atoms with E-state index in [1.807, 2.05) is 0 Å². The molecule has 0 saturated heterocycles. The Morgan fingerprint density at radius 2 is 0.986 bits per heavy atom. The molecule has 0 bridgehead atoms. The van der Waals surface area contributed by atoms with Gasteiger partial charge in [0, 0.05) is 6.42 Å². The van der Waals surface area contributed by atoms with Crippen LogP contribution in [0.25, 0.3) is 0 Å². The smallest absolute Gasteiger partial charge is 0.245 e. The van der Waals surface area contributed by atoms with Crippen LogP contribution in [0.1, 0.15) is 65.9 Å². The first-order valence-corrected chi connectivity index (χ1v) is 22.5. The van der Waals surface area contributed by atoms with Gasteiger partial charge in [-0.15, -0.1) is 0 Å². The maximum Gasteiger partial charge on any atom is 0.245 e. The highest BCUT2D eigenvalue weighted by Crippen LogP contribution is 2.12. The van der Waals surface area contributed by atoms with E-state index in [2.05, 4.69) is 47.9 Å².